The molecule has 1 saturated heterocycles. The Kier molecular flexibility index (Phi) is 3.06. The van der Waals surface area contributed by atoms with Gasteiger partial charge in [-0.2, -0.15) is 0 Å². The molecular weight excluding hydrogens is 302 g/mol. The minimum atomic E-state index is -0.425. The van der Waals surface area contributed by atoms with E-state index in [-0.39, 0.29) is 17.5 Å². The van der Waals surface area contributed by atoms with Gasteiger partial charge in [0.05, 0.1) is 5.41 Å². The number of hydrogen-bond donors (Lipinski definition) is 3. The number of phenols is 2. The Labute approximate surface area is 142 Å². The van der Waals surface area contributed by atoms with Crippen LogP contribution in [0, 0.1) is 11.8 Å². The van der Waals surface area contributed by atoms with Crippen molar-refractivity contribution < 1.29 is 15.0 Å². The third-order valence-corrected chi connectivity index (χ3v) is 7.03. The Morgan fingerprint density at radius 2 is 2.04 bits per heavy atom. The van der Waals surface area contributed by atoms with Gasteiger partial charge in [0.25, 0.3) is 0 Å². The van der Waals surface area contributed by atoms with Crippen molar-refractivity contribution in [2.45, 2.75) is 62.8 Å². The van der Waals surface area contributed by atoms with Crippen LogP contribution in [0.3, 0.4) is 0 Å². The summed E-state index contributed by atoms with van der Waals surface area (Å²) >= 11 is 0. The molecule has 2 saturated carbocycles. The number of Topliss-reactive ketones (excluding diaryl/α,β-unsaturated/α-hetero) is 1. The molecule has 128 valence electrons. The van der Waals surface area contributed by atoms with E-state index in [1.807, 2.05) is 0 Å². The fourth-order valence-electron chi connectivity index (χ4n) is 5.69. The Morgan fingerprint density at radius 3 is 2.83 bits per heavy atom. The fourth-order valence-corrected chi connectivity index (χ4v) is 5.69. The third-order valence-electron chi connectivity index (χ3n) is 7.03. The molecule has 1 aromatic carbocycles. The van der Waals surface area contributed by atoms with Crippen LogP contribution in [0.1, 0.15) is 55.2 Å². The quantitative estimate of drug-likeness (QED) is 0.730. The first kappa shape index (κ1) is 14.8. The van der Waals surface area contributed by atoms with Crippen molar-refractivity contribution in [2.75, 3.05) is 6.54 Å². The zero-order valence-corrected chi connectivity index (χ0v) is 14.0. The summed E-state index contributed by atoms with van der Waals surface area (Å²) in [7, 11) is 0. The summed E-state index contributed by atoms with van der Waals surface area (Å²) in [6.45, 7) is 0.867. The van der Waals surface area contributed by atoms with E-state index in [4.69, 9.17) is 0 Å². The van der Waals surface area contributed by atoms with Crippen LogP contribution < -0.4 is 5.32 Å². The van der Waals surface area contributed by atoms with E-state index in [1.54, 1.807) is 0 Å². The summed E-state index contributed by atoms with van der Waals surface area (Å²) in [5, 5.41) is 24.8. The number of benzene rings is 1. The first-order valence-electron chi connectivity index (χ1n) is 9.45. The molecule has 1 aliphatic heterocycles. The number of aromatic hydroxyl groups is 2. The fraction of sp³-hybridized carbons (Fsp3) is 0.650. The van der Waals surface area contributed by atoms with Gasteiger partial charge >= 0.3 is 0 Å². The van der Waals surface area contributed by atoms with Crippen LogP contribution in [0.2, 0.25) is 0 Å². The van der Waals surface area contributed by atoms with Gasteiger partial charge in [-0.05, 0) is 74.5 Å². The molecule has 3 atom stereocenters. The van der Waals surface area contributed by atoms with Gasteiger partial charge in [-0.3, -0.25) is 4.79 Å². The monoisotopic (exact) mass is 327 g/mol. The van der Waals surface area contributed by atoms with Crippen molar-refractivity contribution in [3.63, 3.8) is 0 Å². The van der Waals surface area contributed by atoms with Gasteiger partial charge in [0.2, 0.25) is 0 Å². The molecule has 1 heterocycles. The van der Waals surface area contributed by atoms with Gasteiger partial charge < -0.3 is 15.5 Å². The molecule has 2 bridgehead atoms. The van der Waals surface area contributed by atoms with Crippen molar-refractivity contribution >= 4 is 5.78 Å². The van der Waals surface area contributed by atoms with E-state index in [2.05, 4.69) is 11.4 Å². The first-order chi connectivity index (χ1) is 11.6. The van der Waals surface area contributed by atoms with Gasteiger partial charge in [-0.25, -0.2) is 0 Å². The SMILES string of the molecule is O=C1CCC[C@H]2[C@H]3Cc4c(cc(CC5CC5)c(O)c4O)[C@@]12CCN3. The van der Waals surface area contributed by atoms with Crippen LogP contribution in [-0.4, -0.2) is 28.6 Å². The summed E-state index contributed by atoms with van der Waals surface area (Å²) in [6.07, 6.45) is 7.50. The molecule has 4 aliphatic rings. The van der Waals surface area contributed by atoms with E-state index in [0.717, 1.165) is 55.3 Å². The van der Waals surface area contributed by atoms with Crippen LogP contribution in [0.15, 0.2) is 6.07 Å². The van der Waals surface area contributed by atoms with Crippen LogP contribution in [0.25, 0.3) is 0 Å². The lowest BCUT2D eigenvalue weighted by Crippen LogP contribution is -2.62. The Bertz CT molecular complexity index is 724. The maximum atomic E-state index is 13.1. The minimum absolute atomic E-state index is 0.0352. The Balaban J connectivity index is 1.72. The first-order valence-corrected chi connectivity index (χ1v) is 9.45. The lowest BCUT2D eigenvalue weighted by molar-refractivity contribution is -0.132. The molecule has 0 radical (unpaired) electrons. The largest absolute Gasteiger partial charge is 0.504 e. The zero-order chi connectivity index (χ0) is 16.5. The Hall–Kier alpha value is -1.55. The van der Waals surface area contributed by atoms with E-state index < -0.39 is 5.41 Å². The highest BCUT2D eigenvalue weighted by molar-refractivity contribution is 5.93. The topological polar surface area (TPSA) is 69.6 Å². The highest BCUT2D eigenvalue weighted by Crippen LogP contribution is 2.55. The molecule has 3 fully saturated rings. The zero-order valence-electron chi connectivity index (χ0n) is 14.0. The van der Waals surface area contributed by atoms with Gasteiger partial charge in [0, 0.05) is 18.0 Å². The molecule has 4 heteroatoms. The van der Waals surface area contributed by atoms with Crippen molar-refractivity contribution in [3.05, 3.63) is 22.8 Å². The summed E-state index contributed by atoms with van der Waals surface area (Å²) in [5.74, 6) is 1.42. The van der Waals surface area contributed by atoms with E-state index >= 15 is 0 Å². The van der Waals surface area contributed by atoms with Crippen molar-refractivity contribution in [2.24, 2.45) is 11.8 Å². The van der Waals surface area contributed by atoms with Gasteiger partial charge in [0.1, 0.15) is 5.78 Å². The number of fused-ring (bicyclic) bond motifs is 1. The summed E-state index contributed by atoms with van der Waals surface area (Å²) in [5.41, 5.74) is 2.28. The predicted octanol–water partition coefficient (Wildman–Crippen LogP) is 2.58. The maximum Gasteiger partial charge on any atom is 0.161 e. The second kappa shape index (κ2) is 4.98. The highest BCUT2D eigenvalue weighted by Gasteiger charge is 2.57. The maximum absolute atomic E-state index is 13.1. The summed E-state index contributed by atoms with van der Waals surface area (Å²) < 4.78 is 0. The molecule has 0 spiro atoms. The smallest absolute Gasteiger partial charge is 0.161 e. The van der Waals surface area contributed by atoms with Crippen LogP contribution >= 0.6 is 0 Å². The van der Waals surface area contributed by atoms with Gasteiger partial charge in [-0.1, -0.05) is 6.07 Å². The van der Waals surface area contributed by atoms with E-state index in [9.17, 15) is 15.0 Å². The number of nitrogens with one attached hydrogen (secondary N) is 1. The number of carbonyl (C=O) groups is 1. The molecule has 24 heavy (non-hydrogen) atoms. The number of piperidine rings is 1. The normalized spacial score (nSPS) is 34.6. The summed E-state index contributed by atoms with van der Waals surface area (Å²) in [4.78, 5) is 13.1. The number of rotatable bonds is 2. The second-order valence-electron chi connectivity index (χ2n) is 8.31. The van der Waals surface area contributed by atoms with E-state index in [1.165, 1.54) is 12.8 Å². The van der Waals surface area contributed by atoms with Gasteiger partial charge in [-0.15, -0.1) is 0 Å². The Morgan fingerprint density at radius 1 is 1.21 bits per heavy atom. The predicted molar refractivity (Wildman–Crippen MR) is 90.3 cm³/mol. The number of phenolic OH excluding ortho intramolecular Hbond substituents is 2. The second-order valence-corrected chi connectivity index (χ2v) is 8.31. The van der Waals surface area contributed by atoms with Crippen molar-refractivity contribution in [1.82, 2.24) is 5.32 Å². The van der Waals surface area contributed by atoms with E-state index in [0.29, 0.717) is 24.0 Å². The van der Waals surface area contributed by atoms with Gasteiger partial charge in [0.15, 0.2) is 11.5 Å². The number of hydrogen-bond acceptors (Lipinski definition) is 4. The molecule has 3 N–H and O–H groups in total. The minimum Gasteiger partial charge on any atom is -0.504 e. The number of carbonyl (C=O) groups excluding carboxylic acids is 1. The van der Waals surface area contributed by atoms with Crippen LogP contribution in [0.4, 0.5) is 0 Å². The lowest BCUT2D eigenvalue weighted by Gasteiger charge is -2.54. The third kappa shape index (κ3) is 1.86. The van der Waals surface area contributed by atoms with Crippen molar-refractivity contribution in [1.29, 1.82) is 0 Å². The molecule has 5 rings (SSSR count). The molecule has 3 aliphatic carbocycles. The lowest BCUT2D eigenvalue weighted by atomic mass is 9.52. The molecule has 0 aromatic heterocycles. The standard InChI is InChI=1S/C20H25NO3/c22-17-3-1-2-14-16-10-13-15(20(14,17)6-7-21-16)9-12(8-11-4-5-11)18(23)19(13)24/h9,11,14,16,21,23-24H,1-8,10H2/t14-,16+,20-/m0/s1. The molecular formula is C20H25NO3. The highest BCUT2D eigenvalue weighted by atomic mass is 16.3. The molecule has 4 nitrogen and oxygen atoms in total. The van der Waals surface area contributed by atoms with Crippen LogP contribution in [0.5, 0.6) is 11.5 Å². The molecule has 1 aromatic rings. The average molecular weight is 327 g/mol. The van der Waals surface area contributed by atoms with Crippen LogP contribution in [-0.2, 0) is 23.1 Å². The molecule has 0 amide bonds. The number of ketones is 1. The van der Waals surface area contributed by atoms with Crippen molar-refractivity contribution in [3.8, 4) is 11.5 Å². The molecule has 0 unspecified atom stereocenters. The average Bonchev–Trinajstić information content (AvgIpc) is 3.38. The summed E-state index contributed by atoms with van der Waals surface area (Å²) in [6, 6.07) is 2.33.